The molecule has 0 aliphatic heterocycles. The molecule has 0 aromatic heterocycles. The Labute approximate surface area is 202 Å². The Bertz CT molecular complexity index is 826. The second-order valence-corrected chi connectivity index (χ2v) is 9.78. The van der Waals surface area contributed by atoms with Crippen molar-refractivity contribution in [1.82, 2.24) is 16.0 Å². The van der Waals surface area contributed by atoms with Crippen LogP contribution in [-0.4, -0.2) is 53.0 Å². The third-order valence-electron chi connectivity index (χ3n) is 5.51. The fraction of sp³-hybridized carbons (Fsp3) is 0.600. The molecule has 0 heterocycles. The third kappa shape index (κ3) is 9.51. The van der Waals surface area contributed by atoms with Crippen molar-refractivity contribution in [2.75, 3.05) is 0 Å². The predicted molar refractivity (Wildman–Crippen MR) is 131 cm³/mol. The summed E-state index contributed by atoms with van der Waals surface area (Å²) >= 11 is 0. The lowest BCUT2D eigenvalue weighted by Crippen LogP contribution is -2.58. The van der Waals surface area contributed by atoms with Crippen LogP contribution in [0.4, 0.5) is 0 Å². The Morgan fingerprint density at radius 3 is 1.79 bits per heavy atom. The van der Waals surface area contributed by atoms with Gasteiger partial charge < -0.3 is 26.8 Å². The standard InChI is InChI=1S/C25H40N4O5/c1-14(2)12-18(28-24(32)20(26)15(3)4)22(30)27-19(13-17-10-8-7-9-11-17)23(31)29-21(16(5)6)25(33)34/h7-11,14-16,18-21H,12-13,26H2,1-6H3,(H,27,30)(H,28,32)(H,29,31)(H,33,34). The minimum Gasteiger partial charge on any atom is -0.480 e. The highest BCUT2D eigenvalue weighted by atomic mass is 16.4. The number of hydrogen-bond acceptors (Lipinski definition) is 5. The second kappa shape index (κ2) is 13.7. The van der Waals surface area contributed by atoms with Gasteiger partial charge in [0.15, 0.2) is 0 Å². The number of nitrogens with two attached hydrogens (primary N) is 1. The molecule has 34 heavy (non-hydrogen) atoms. The van der Waals surface area contributed by atoms with E-state index in [1.54, 1.807) is 13.8 Å². The quantitative estimate of drug-likeness (QED) is 0.291. The number of carboxylic acids is 1. The molecule has 190 valence electrons. The molecular formula is C25H40N4O5. The molecule has 0 saturated heterocycles. The van der Waals surface area contributed by atoms with E-state index in [1.807, 2.05) is 58.0 Å². The monoisotopic (exact) mass is 476 g/mol. The zero-order valence-electron chi connectivity index (χ0n) is 21.0. The van der Waals surface area contributed by atoms with Crippen LogP contribution in [0.15, 0.2) is 30.3 Å². The Balaban J connectivity index is 3.13. The summed E-state index contributed by atoms with van der Waals surface area (Å²) in [5, 5.41) is 17.4. The van der Waals surface area contributed by atoms with Crippen molar-refractivity contribution >= 4 is 23.7 Å². The number of benzene rings is 1. The van der Waals surface area contributed by atoms with Crippen molar-refractivity contribution in [1.29, 1.82) is 0 Å². The molecule has 4 atom stereocenters. The maximum atomic E-state index is 13.2. The predicted octanol–water partition coefficient (Wildman–Crippen LogP) is 1.45. The number of carbonyl (C=O) groups is 4. The molecule has 9 nitrogen and oxygen atoms in total. The van der Waals surface area contributed by atoms with E-state index in [-0.39, 0.29) is 24.2 Å². The lowest BCUT2D eigenvalue weighted by atomic mass is 9.99. The Morgan fingerprint density at radius 1 is 0.794 bits per heavy atom. The van der Waals surface area contributed by atoms with E-state index in [0.29, 0.717) is 6.42 Å². The number of carbonyl (C=O) groups excluding carboxylic acids is 3. The largest absolute Gasteiger partial charge is 0.480 e. The smallest absolute Gasteiger partial charge is 0.326 e. The summed E-state index contributed by atoms with van der Waals surface area (Å²) in [6.07, 6.45) is 0.516. The molecule has 0 saturated carbocycles. The van der Waals surface area contributed by atoms with E-state index in [2.05, 4.69) is 16.0 Å². The average Bonchev–Trinajstić information content (AvgIpc) is 2.75. The van der Waals surface area contributed by atoms with Crippen molar-refractivity contribution in [3.05, 3.63) is 35.9 Å². The van der Waals surface area contributed by atoms with E-state index in [0.717, 1.165) is 5.56 Å². The van der Waals surface area contributed by atoms with Gasteiger partial charge in [0, 0.05) is 6.42 Å². The van der Waals surface area contributed by atoms with E-state index in [4.69, 9.17) is 5.73 Å². The molecule has 9 heteroatoms. The first-order valence-electron chi connectivity index (χ1n) is 11.8. The summed E-state index contributed by atoms with van der Waals surface area (Å²) in [5.41, 5.74) is 6.74. The summed E-state index contributed by atoms with van der Waals surface area (Å²) in [6.45, 7) is 10.9. The second-order valence-electron chi connectivity index (χ2n) is 9.78. The van der Waals surface area contributed by atoms with E-state index < -0.39 is 47.9 Å². The molecule has 6 N–H and O–H groups in total. The van der Waals surface area contributed by atoms with Gasteiger partial charge in [-0.05, 0) is 29.7 Å². The zero-order valence-corrected chi connectivity index (χ0v) is 21.0. The van der Waals surface area contributed by atoms with E-state index in [1.165, 1.54) is 0 Å². The van der Waals surface area contributed by atoms with Crippen LogP contribution in [0.1, 0.15) is 53.5 Å². The van der Waals surface area contributed by atoms with Crippen LogP contribution in [0.25, 0.3) is 0 Å². The summed E-state index contributed by atoms with van der Waals surface area (Å²) in [5.74, 6) is -3.09. The Kier molecular flexibility index (Phi) is 11.7. The van der Waals surface area contributed by atoms with Crippen molar-refractivity contribution in [2.45, 2.75) is 78.6 Å². The van der Waals surface area contributed by atoms with Crippen LogP contribution in [0, 0.1) is 17.8 Å². The van der Waals surface area contributed by atoms with Crippen molar-refractivity contribution < 1.29 is 24.3 Å². The number of rotatable bonds is 13. The van der Waals surface area contributed by atoms with Gasteiger partial charge in [0.05, 0.1) is 6.04 Å². The van der Waals surface area contributed by atoms with Gasteiger partial charge in [-0.25, -0.2) is 4.79 Å². The SMILES string of the molecule is CC(C)CC(NC(=O)C(N)C(C)C)C(=O)NC(Cc1ccccc1)C(=O)NC(C(=O)O)C(C)C. The molecule has 1 rings (SSSR count). The minimum atomic E-state index is -1.15. The van der Waals surface area contributed by atoms with Crippen molar-refractivity contribution in [3.8, 4) is 0 Å². The van der Waals surface area contributed by atoms with Crippen LogP contribution in [0.3, 0.4) is 0 Å². The lowest BCUT2D eigenvalue weighted by Gasteiger charge is -2.27. The molecule has 1 aromatic carbocycles. The number of carboxylic acid groups (broad SMARTS) is 1. The van der Waals surface area contributed by atoms with Crippen LogP contribution < -0.4 is 21.7 Å². The van der Waals surface area contributed by atoms with Gasteiger partial charge >= 0.3 is 5.97 Å². The van der Waals surface area contributed by atoms with Crippen LogP contribution in [0.2, 0.25) is 0 Å². The van der Waals surface area contributed by atoms with Crippen LogP contribution >= 0.6 is 0 Å². The fourth-order valence-electron chi connectivity index (χ4n) is 3.37. The Hall–Kier alpha value is -2.94. The highest BCUT2D eigenvalue weighted by Gasteiger charge is 2.32. The molecule has 0 bridgehead atoms. The molecule has 3 amide bonds. The van der Waals surface area contributed by atoms with E-state index in [9.17, 15) is 24.3 Å². The Morgan fingerprint density at radius 2 is 1.32 bits per heavy atom. The van der Waals surface area contributed by atoms with E-state index >= 15 is 0 Å². The number of hydrogen-bond donors (Lipinski definition) is 5. The molecule has 0 spiro atoms. The first kappa shape index (κ1) is 29.1. The molecule has 0 aliphatic rings. The van der Waals surface area contributed by atoms with Gasteiger partial charge in [0.1, 0.15) is 18.1 Å². The number of nitrogens with one attached hydrogen (secondary N) is 3. The molecule has 4 unspecified atom stereocenters. The van der Waals surface area contributed by atoms with Crippen molar-refractivity contribution in [3.63, 3.8) is 0 Å². The molecule has 0 aliphatic carbocycles. The van der Waals surface area contributed by atoms with Gasteiger partial charge in [-0.15, -0.1) is 0 Å². The highest BCUT2D eigenvalue weighted by molar-refractivity contribution is 5.94. The van der Waals surface area contributed by atoms with Crippen LogP contribution in [-0.2, 0) is 25.6 Å². The van der Waals surface area contributed by atoms with Gasteiger partial charge in [-0.3, -0.25) is 14.4 Å². The third-order valence-corrected chi connectivity index (χ3v) is 5.51. The van der Waals surface area contributed by atoms with Gasteiger partial charge in [0.2, 0.25) is 17.7 Å². The fourth-order valence-corrected chi connectivity index (χ4v) is 3.37. The molecule has 1 aromatic rings. The first-order valence-corrected chi connectivity index (χ1v) is 11.8. The zero-order chi connectivity index (χ0) is 26.0. The maximum Gasteiger partial charge on any atom is 0.326 e. The minimum absolute atomic E-state index is 0.0880. The number of amides is 3. The first-order chi connectivity index (χ1) is 15.8. The van der Waals surface area contributed by atoms with Gasteiger partial charge in [-0.2, -0.15) is 0 Å². The molecule has 0 fully saturated rings. The normalized spacial score (nSPS) is 14.9. The average molecular weight is 477 g/mol. The lowest BCUT2D eigenvalue weighted by molar-refractivity contribution is -0.143. The summed E-state index contributed by atoms with van der Waals surface area (Å²) in [6, 6.07) is 5.32. The van der Waals surface area contributed by atoms with Gasteiger partial charge in [-0.1, -0.05) is 71.9 Å². The van der Waals surface area contributed by atoms with Crippen LogP contribution in [0.5, 0.6) is 0 Å². The molecular weight excluding hydrogens is 436 g/mol. The summed E-state index contributed by atoms with van der Waals surface area (Å²) < 4.78 is 0. The molecule has 0 radical (unpaired) electrons. The number of aliphatic carboxylic acids is 1. The maximum absolute atomic E-state index is 13.2. The summed E-state index contributed by atoms with van der Waals surface area (Å²) in [7, 11) is 0. The van der Waals surface area contributed by atoms with Crippen molar-refractivity contribution in [2.24, 2.45) is 23.5 Å². The summed E-state index contributed by atoms with van der Waals surface area (Å²) in [4.78, 5) is 50.4. The highest BCUT2D eigenvalue weighted by Crippen LogP contribution is 2.10. The van der Waals surface area contributed by atoms with Gasteiger partial charge in [0.25, 0.3) is 0 Å². The topological polar surface area (TPSA) is 151 Å².